The highest BCUT2D eigenvalue weighted by Gasteiger charge is 2.12. The van der Waals surface area contributed by atoms with E-state index >= 15 is 0 Å². The number of rotatable bonds is 4. The van der Waals surface area contributed by atoms with Gasteiger partial charge >= 0.3 is 0 Å². The van der Waals surface area contributed by atoms with Crippen LogP contribution < -0.4 is 16.2 Å². The number of amides is 3. The van der Waals surface area contributed by atoms with Crippen LogP contribution in [0.2, 0.25) is 0 Å². The maximum atomic E-state index is 12.1. The molecule has 0 aromatic heterocycles. The molecule has 2 aromatic rings. The molecule has 6 nitrogen and oxygen atoms in total. The van der Waals surface area contributed by atoms with Crippen molar-refractivity contribution in [3.63, 3.8) is 0 Å². The van der Waals surface area contributed by atoms with Crippen LogP contribution >= 0.6 is 15.9 Å². The van der Waals surface area contributed by atoms with Gasteiger partial charge < -0.3 is 5.32 Å². The minimum atomic E-state index is -0.529. The summed E-state index contributed by atoms with van der Waals surface area (Å²) in [6, 6.07) is 12.3. The van der Waals surface area contributed by atoms with Crippen LogP contribution in [0.25, 0.3) is 0 Å². The first-order valence-corrected chi connectivity index (χ1v) is 8.37. The molecule has 7 heteroatoms. The highest BCUT2D eigenvalue weighted by Crippen LogP contribution is 2.15. The monoisotopic (exact) mass is 403 g/mol. The van der Waals surface area contributed by atoms with E-state index in [1.54, 1.807) is 30.3 Å². The molecule has 0 spiro atoms. The molecule has 0 saturated heterocycles. The molecule has 0 fully saturated rings. The van der Waals surface area contributed by atoms with E-state index in [-0.39, 0.29) is 12.5 Å². The van der Waals surface area contributed by atoms with Crippen molar-refractivity contribution in [3.05, 3.63) is 69.2 Å². The van der Waals surface area contributed by atoms with Gasteiger partial charge in [-0.15, -0.1) is 0 Å². The van der Waals surface area contributed by atoms with Gasteiger partial charge in [0, 0.05) is 10.0 Å². The predicted octanol–water partition coefficient (Wildman–Crippen LogP) is 2.26. The molecule has 3 N–H and O–H groups in total. The topological polar surface area (TPSA) is 87.3 Å². The van der Waals surface area contributed by atoms with Crippen LogP contribution in [0, 0.1) is 13.8 Å². The smallest absolute Gasteiger partial charge is 0.269 e. The number of halogens is 1. The van der Waals surface area contributed by atoms with Crippen LogP contribution in [0.3, 0.4) is 0 Å². The summed E-state index contributed by atoms with van der Waals surface area (Å²) in [7, 11) is 0. The average molecular weight is 404 g/mol. The van der Waals surface area contributed by atoms with Gasteiger partial charge in [-0.2, -0.15) is 0 Å². The number of hydrogen-bond acceptors (Lipinski definition) is 3. The van der Waals surface area contributed by atoms with Gasteiger partial charge in [0.2, 0.25) is 0 Å². The zero-order valence-corrected chi connectivity index (χ0v) is 15.4. The number of hydrogen-bond donors (Lipinski definition) is 3. The summed E-state index contributed by atoms with van der Waals surface area (Å²) in [6.07, 6.45) is 0. The maximum absolute atomic E-state index is 12.1. The Morgan fingerprint density at radius 3 is 2.32 bits per heavy atom. The lowest BCUT2D eigenvalue weighted by atomic mass is 10.1. The molecule has 0 radical (unpaired) electrons. The van der Waals surface area contributed by atoms with Crippen molar-refractivity contribution < 1.29 is 14.4 Å². The molecule has 0 aliphatic heterocycles. The Balaban J connectivity index is 1.83. The Hall–Kier alpha value is -2.67. The standard InChI is InChI=1S/C18H18BrN3O3/c1-11-7-8-13(12(2)9-11)18(25)22-21-16(23)10-20-17(24)14-5-3-4-6-15(14)19/h3-9H,10H2,1-2H3,(H,20,24)(H,21,23)(H,22,25). The molecule has 130 valence electrons. The van der Waals surface area contributed by atoms with Gasteiger partial charge in [0.15, 0.2) is 0 Å². The Labute approximate surface area is 154 Å². The van der Waals surface area contributed by atoms with Gasteiger partial charge in [0.1, 0.15) is 0 Å². The van der Waals surface area contributed by atoms with E-state index in [0.29, 0.717) is 15.6 Å². The first-order chi connectivity index (χ1) is 11.9. The molecule has 0 bridgehead atoms. The van der Waals surface area contributed by atoms with E-state index in [0.717, 1.165) is 11.1 Å². The van der Waals surface area contributed by atoms with Crippen LogP contribution in [0.1, 0.15) is 31.8 Å². The number of aryl methyl sites for hydroxylation is 2. The second-order valence-electron chi connectivity index (χ2n) is 5.48. The second-order valence-corrected chi connectivity index (χ2v) is 6.34. The molecule has 2 rings (SSSR count). The Kier molecular flexibility index (Phi) is 6.30. The zero-order chi connectivity index (χ0) is 18.4. The second kappa shape index (κ2) is 8.43. The third-order valence-corrected chi connectivity index (χ3v) is 4.16. The van der Waals surface area contributed by atoms with Crippen molar-refractivity contribution >= 4 is 33.7 Å². The molecule has 0 saturated carbocycles. The van der Waals surface area contributed by atoms with E-state index in [4.69, 9.17) is 0 Å². The van der Waals surface area contributed by atoms with E-state index in [2.05, 4.69) is 32.1 Å². The fourth-order valence-electron chi connectivity index (χ4n) is 2.21. The van der Waals surface area contributed by atoms with E-state index in [1.165, 1.54) is 0 Å². The molecule has 0 heterocycles. The van der Waals surface area contributed by atoms with Gasteiger partial charge in [-0.1, -0.05) is 29.8 Å². The van der Waals surface area contributed by atoms with Crippen LogP contribution in [-0.4, -0.2) is 24.3 Å². The Bertz CT molecular complexity index is 821. The molecule has 0 aliphatic carbocycles. The highest BCUT2D eigenvalue weighted by atomic mass is 79.9. The van der Waals surface area contributed by atoms with Crippen molar-refractivity contribution in [1.29, 1.82) is 0 Å². The first-order valence-electron chi connectivity index (χ1n) is 7.57. The lowest BCUT2D eigenvalue weighted by molar-refractivity contribution is -0.120. The highest BCUT2D eigenvalue weighted by molar-refractivity contribution is 9.10. The zero-order valence-electron chi connectivity index (χ0n) is 13.9. The van der Waals surface area contributed by atoms with E-state index in [9.17, 15) is 14.4 Å². The van der Waals surface area contributed by atoms with Crippen LogP contribution in [-0.2, 0) is 4.79 Å². The molecular formula is C18H18BrN3O3. The van der Waals surface area contributed by atoms with Crippen molar-refractivity contribution in [2.75, 3.05) is 6.54 Å². The molecule has 3 amide bonds. The first kappa shape index (κ1) is 18.7. The van der Waals surface area contributed by atoms with Gasteiger partial charge in [-0.3, -0.25) is 25.2 Å². The quantitative estimate of drug-likeness (QED) is 0.684. The minimum absolute atomic E-state index is 0.257. The summed E-state index contributed by atoms with van der Waals surface area (Å²) < 4.78 is 0.635. The van der Waals surface area contributed by atoms with Gasteiger partial charge in [-0.05, 0) is 53.5 Å². The van der Waals surface area contributed by atoms with Gasteiger partial charge in [0.25, 0.3) is 17.7 Å². The lowest BCUT2D eigenvalue weighted by Crippen LogP contribution is -2.46. The number of benzene rings is 2. The number of carbonyl (C=O) groups excluding carboxylic acids is 3. The van der Waals surface area contributed by atoms with E-state index in [1.807, 2.05) is 26.0 Å². The minimum Gasteiger partial charge on any atom is -0.343 e. The third-order valence-electron chi connectivity index (χ3n) is 3.47. The summed E-state index contributed by atoms with van der Waals surface area (Å²) in [4.78, 5) is 35.9. The van der Waals surface area contributed by atoms with Crippen LogP contribution in [0.15, 0.2) is 46.9 Å². The summed E-state index contributed by atoms with van der Waals surface area (Å²) in [5.74, 6) is -1.33. The number of carbonyl (C=O) groups is 3. The normalized spacial score (nSPS) is 10.0. The fraction of sp³-hybridized carbons (Fsp3) is 0.167. The van der Waals surface area contributed by atoms with Gasteiger partial charge in [-0.25, -0.2) is 0 Å². The lowest BCUT2D eigenvalue weighted by Gasteiger charge is -2.10. The predicted molar refractivity (Wildman–Crippen MR) is 98.0 cm³/mol. The van der Waals surface area contributed by atoms with Crippen molar-refractivity contribution in [1.82, 2.24) is 16.2 Å². The average Bonchev–Trinajstić information content (AvgIpc) is 2.58. The summed E-state index contributed by atoms with van der Waals surface area (Å²) in [5.41, 5.74) is 7.38. The summed E-state index contributed by atoms with van der Waals surface area (Å²) >= 11 is 3.27. The largest absolute Gasteiger partial charge is 0.343 e. The number of nitrogens with one attached hydrogen (secondary N) is 3. The molecular weight excluding hydrogens is 386 g/mol. The molecule has 0 atom stereocenters. The molecule has 25 heavy (non-hydrogen) atoms. The van der Waals surface area contributed by atoms with Crippen LogP contribution in [0.4, 0.5) is 0 Å². The van der Waals surface area contributed by atoms with Crippen molar-refractivity contribution in [2.24, 2.45) is 0 Å². The maximum Gasteiger partial charge on any atom is 0.269 e. The summed E-state index contributed by atoms with van der Waals surface area (Å²) in [6.45, 7) is 3.50. The van der Waals surface area contributed by atoms with Gasteiger partial charge in [0.05, 0.1) is 12.1 Å². The molecule has 0 unspecified atom stereocenters. The molecule has 2 aromatic carbocycles. The summed E-state index contributed by atoms with van der Waals surface area (Å²) in [5, 5.41) is 2.49. The number of hydrazine groups is 1. The van der Waals surface area contributed by atoms with E-state index < -0.39 is 11.8 Å². The van der Waals surface area contributed by atoms with Crippen molar-refractivity contribution in [2.45, 2.75) is 13.8 Å². The fourth-order valence-corrected chi connectivity index (χ4v) is 2.67. The third kappa shape index (κ3) is 5.15. The Morgan fingerprint density at radius 1 is 0.920 bits per heavy atom. The van der Waals surface area contributed by atoms with Crippen molar-refractivity contribution in [3.8, 4) is 0 Å². The molecule has 0 aliphatic rings. The SMILES string of the molecule is Cc1ccc(C(=O)NNC(=O)CNC(=O)c2ccccc2Br)c(C)c1. The van der Waals surface area contributed by atoms with Crippen LogP contribution in [0.5, 0.6) is 0 Å². The Morgan fingerprint density at radius 2 is 1.64 bits per heavy atom.